The van der Waals surface area contributed by atoms with Crippen LogP contribution in [0.25, 0.3) is 0 Å². The number of nitrogens with zero attached hydrogens (tertiary/aromatic N) is 1. The van der Waals surface area contributed by atoms with Gasteiger partial charge in [-0.25, -0.2) is 0 Å². The van der Waals surface area contributed by atoms with Crippen LogP contribution in [0.4, 0.5) is 0 Å². The molecule has 0 amide bonds. The molecule has 1 saturated heterocycles. The zero-order chi connectivity index (χ0) is 9.90. The third-order valence-electron chi connectivity index (χ3n) is 2.44. The summed E-state index contributed by atoms with van der Waals surface area (Å²) in [5.74, 6) is 0.840. The van der Waals surface area contributed by atoms with E-state index in [0.717, 1.165) is 25.3 Å². The van der Waals surface area contributed by atoms with Gasteiger partial charge >= 0.3 is 0 Å². The first-order valence-electron chi connectivity index (χ1n) is 5.31. The quantitative estimate of drug-likeness (QED) is 0.490. The molecular weight excluding hydrogens is 160 g/mol. The van der Waals surface area contributed by atoms with Crippen LogP contribution in [0.1, 0.15) is 46.5 Å². The summed E-state index contributed by atoms with van der Waals surface area (Å²) in [5.41, 5.74) is 0.258. The van der Waals surface area contributed by atoms with Gasteiger partial charge in [0.1, 0.15) is 0 Å². The molecule has 76 valence electrons. The van der Waals surface area contributed by atoms with Crippen molar-refractivity contribution in [2.75, 3.05) is 13.1 Å². The molecule has 0 bridgehead atoms. The van der Waals surface area contributed by atoms with E-state index in [1.165, 1.54) is 19.3 Å². The van der Waals surface area contributed by atoms with Crippen molar-refractivity contribution in [3.63, 3.8) is 0 Å². The van der Waals surface area contributed by atoms with E-state index < -0.39 is 0 Å². The van der Waals surface area contributed by atoms with Crippen LogP contribution in [0.5, 0.6) is 0 Å². The molecule has 1 heterocycles. The Morgan fingerprint density at radius 3 is 2.15 bits per heavy atom. The molecule has 0 aromatic heterocycles. The summed E-state index contributed by atoms with van der Waals surface area (Å²) in [5, 5.41) is 7.96. The average molecular weight is 182 g/mol. The van der Waals surface area contributed by atoms with Gasteiger partial charge in [-0.2, -0.15) is 0 Å². The van der Waals surface area contributed by atoms with E-state index >= 15 is 0 Å². The van der Waals surface area contributed by atoms with Gasteiger partial charge in [-0.1, -0.05) is 20.8 Å². The van der Waals surface area contributed by atoms with E-state index in [4.69, 9.17) is 5.41 Å². The Balaban J connectivity index is 2.38. The van der Waals surface area contributed by atoms with Crippen LogP contribution in [-0.2, 0) is 0 Å². The minimum atomic E-state index is 0.258. The Morgan fingerprint density at radius 2 is 1.69 bits per heavy atom. The second kappa shape index (κ2) is 4.12. The number of hydrogen-bond acceptors (Lipinski definition) is 1. The fourth-order valence-electron chi connectivity index (χ4n) is 1.78. The van der Waals surface area contributed by atoms with Crippen molar-refractivity contribution >= 4 is 5.84 Å². The van der Waals surface area contributed by atoms with Gasteiger partial charge in [-0.3, -0.25) is 5.41 Å². The standard InChI is InChI=1S/C11H22N2/c1-11(2,3)9-10(12)13-7-5-4-6-8-13/h12H,4-9H2,1-3H3. The van der Waals surface area contributed by atoms with Crippen molar-refractivity contribution in [2.24, 2.45) is 5.41 Å². The smallest absolute Gasteiger partial charge is 0.0962 e. The maximum absolute atomic E-state index is 7.96. The van der Waals surface area contributed by atoms with E-state index in [-0.39, 0.29) is 5.41 Å². The molecule has 1 rings (SSSR count). The van der Waals surface area contributed by atoms with Crippen molar-refractivity contribution in [3.8, 4) is 0 Å². The molecule has 0 unspecified atom stereocenters. The fraction of sp³-hybridized carbons (Fsp3) is 0.909. The molecule has 1 fully saturated rings. The predicted octanol–water partition coefficient (Wildman–Crippen LogP) is 2.89. The minimum Gasteiger partial charge on any atom is -0.361 e. The van der Waals surface area contributed by atoms with Crippen molar-refractivity contribution in [2.45, 2.75) is 46.5 Å². The Morgan fingerprint density at radius 1 is 1.15 bits per heavy atom. The number of amidine groups is 1. The van der Waals surface area contributed by atoms with Crippen LogP contribution in [0, 0.1) is 10.8 Å². The fourth-order valence-corrected chi connectivity index (χ4v) is 1.78. The molecule has 0 atom stereocenters. The Kier molecular flexibility index (Phi) is 3.34. The molecule has 0 aliphatic carbocycles. The average Bonchev–Trinajstić information content (AvgIpc) is 2.03. The Hall–Kier alpha value is -0.530. The summed E-state index contributed by atoms with van der Waals surface area (Å²) in [6.45, 7) is 8.81. The van der Waals surface area contributed by atoms with Crippen molar-refractivity contribution in [1.82, 2.24) is 4.90 Å². The molecule has 1 aliphatic heterocycles. The second-order valence-corrected chi connectivity index (χ2v) is 5.23. The molecule has 0 aromatic carbocycles. The van der Waals surface area contributed by atoms with Gasteiger partial charge in [0.05, 0.1) is 5.84 Å². The highest BCUT2D eigenvalue weighted by molar-refractivity contribution is 5.79. The monoisotopic (exact) mass is 182 g/mol. The molecule has 0 spiro atoms. The third kappa shape index (κ3) is 3.79. The molecular formula is C11H22N2. The molecule has 0 radical (unpaired) electrons. The normalized spacial score (nSPS) is 18.8. The van der Waals surface area contributed by atoms with Crippen molar-refractivity contribution in [3.05, 3.63) is 0 Å². The van der Waals surface area contributed by atoms with Crippen molar-refractivity contribution in [1.29, 1.82) is 5.41 Å². The summed E-state index contributed by atoms with van der Waals surface area (Å²) in [7, 11) is 0. The van der Waals surface area contributed by atoms with Crippen molar-refractivity contribution < 1.29 is 0 Å². The lowest BCUT2D eigenvalue weighted by Crippen LogP contribution is -2.37. The summed E-state index contributed by atoms with van der Waals surface area (Å²) in [4.78, 5) is 2.24. The number of nitrogens with one attached hydrogen (secondary N) is 1. The molecule has 0 aromatic rings. The van der Waals surface area contributed by atoms with E-state index in [2.05, 4.69) is 25.7 Å². The van der Waals surface area contributed by atoms with Gasteiger partial charge in [0.2, 0.25) is 0 Å². The highest BCUT2D eigenvalue weighted by Gasteiger charge is 2.19. The molecule has 13 heavy (non-hydrogen) atoms. The first-order chi connectivity index (χ1) is 5.99. The Bertz CT molecular complexity index is 173. The summed E-state index contributed by atoms with van der Waals surface area (Å²) in [6, 6.07) is 0. The summed E-state index contributed by atoms with van der Waals surface area (Å²) >= 11 is 0. The lowest BCUT2D eigenvalue weighted by molar-refractivity contribution is 0.316. The van der Waals surface area contributed by atoms with Gasteiger partial charge in [0, 0.05) is 19.5 Å². The zero-order valence-corrected chi connectivity index (χ0v) is 9.19. The predicted molar refractivity (Wildman–Crippen MR) is 57.2 cm³/mol. The lowest BCUT2D eigenvalue weighted by atomic mass is 9.91. The summed E-state index contributed by atoms with van der Waals surface area (Å²) in [6.07, 6.45) is 4.80. The summed E-state index contributed by atoms with van der Waals surface area (Å²) < 4.78 is 0. The SMILES string of the molecule is CC(C)(C)CC(=N)N1CCCCC1. The first kappa shape index (κ1) is 10.6. The molecule has 0 saturated carbocycles. The number of rotatable bonds is 1. The van der Waals surface area contributed by atoms with E-state index in [1.54, 1.807) is 0 Å². The molecule has 1 N–H and O–H groups in total. The minimum absolute atomic E-state index is 0.258. The van der Waals surface area contributed by atoms with E-state index in [1.807, 2.05) is 0 Å². The van der Waals surface area contributed by atoms with E-state index in [9.17, 15) is 0 Å². The number of hydrogen-bond donors (Lipinski definition) is 1. The molecule has 1 aliphatic rings. The van der Waals surface area contributed by atoms with Gasteiger partial charge in [0.15, 0.2) is 0 Å². The largest absolute Gasteiger partial charge is 0.361 e. The maximum Gasteiger partial charge on any atom is 0.0962 e. The van der Waals surface area contributed by atoms with Crippen LogP contribution >= 0.6 is 0 Å². The second-order valence-electron chi connectivity index (χ2n) is 5.23. The maximum atomic E-state index is 7.96. The van der Waals surface area contributed by atoms with Crippen LogP contribution in [0.2, 0.25) is 0 Å². The Labute approximate surface area is 81.8 Å². The van der Waals surface area contributed by atoms with Crippen LogP contribution in [0.15, 0.2) is 0 Å². The number of piperidine rings is 1. The molecule has 2 heteroatoms. The lowest BCUT2D eigenvalue weighted by Gasteiger charge is -2.32. The van der Waals surface area contributed by atoms with Gasteiger partial charge in [-0.05, 0) is 24.7 Å². The zero-order valence-electron chi connectivity index (χ0n) is 9.19. The topological polar surface area (TPSA) is 27.1 Å². The first-order valence-corrected chi connectivity index (χ1v) is 5.31. The third-order valence-corrected chi connectivity index (χ3v) is 2.44. The highest BCUT2D eigenvalue weighted by atomic mass is 15.2. The van der Waals surface area contributed by atoms with Crippen LogP contribution in [0.3, 0.4) is 0 Å². The van der Waals surface area contributed by atoms with Crippen LogP contribution in [-0.4, -0.2) is 23.8 Å². The van der Waals surface area contributed by atoms with Crippen LogP contribution < -0.4 is 0 Å². The van der Waals surface area contributed by atoms with Gasteiger partial charge < -0.3 is 4.90 Å². The molecule has 2 nitrogen and oxygen atoms in total. The highest BCUT2D eigenvalue weighted by Crippen LogP contribution is 2.21. The van der Waals surface area contributed by atoms with E-state index in [0.29, 0.717) is 0 Å². The number of likely N-dealkylation sites (tertiary alicyclic amines) is 1. The van der Waals surface area contributed by atoms with Gasteiger partial charge in [-0.15, -0.1) is 0 Å². The van der Waals surface area contributed by atoms with Gasteiger partial charge in [0.25, 0.3) is 0 Å².